The van der Waals surface area contributed by atoms with E-state index in [0.29, 0.717) is 25.3 Å². The van der Waals surface area contributed by atoms with Crippen molar-refractivity contribution >= 4 is 17.7 Å². The van der Waals surface area contributed by atoms with Gasteiger partial charge in [0.2, 0.25) is 5.91 Å². The molecule has 0 radical (unpaired) electrons. The topological polar surface area (TPSA) is 101 Å². The molecule has 0 aromatic heterocycles. The molecule has 0 aliphatic heterocycles. The van der Waals surface area contributed by atoms with Gasteiger partial charge in [-0.15, -0.1) is 0 Å². The van der Waals surface area contributed by atoms with Crippen LogP contribution in [0.15, 0.2) is 0 Å². The van der Waals surface area contributed by atoms with Gasteiger partial charge >= 0.3 is 6.03 Å². The molecule has 0 saturated carbocycles. The lowest BCUT2D eigenvalue weighted by Gasteiger charge is -2.26. The molecule has 0 unspecified atom stereocenters. The zero-order valence-electron chi connectivity index (χ0n) is 16.0. The molecule has 0 aliphatic rings. The number of urea groups is 1. The Morgan fingerprint density at radius 1 is 1.00 bits per heavy atom. The average molecular weight is 341 g/mol. The summed E-state index contributed by atoms with van der Waals surface area (Å²) in [4.78, 5) is 35.7. The molecule has 4 N–H and O–H groups in total. The highest BCUT2D eigenvalue weighted by atomic mass is 16.2. The number of primary amides is 1. The second kappa shape index (κ2) is 11.0. The molecule has 3 amide bonds. The van der Waals surface area contributed by atoms with E-state index in [1.807, 2.05) is 27.7 Å². The standard InChI is InChI=1S/C18H35N3O3/c1-11(2)10-14(12(3)4)17(23)21-15(16(22)13(5)6)8-7-9-20-18(19)24/h11-15H,7-10H2,1-6H3,(H,21,23)(H3,19,20,24)/t14-,15-/m0/s1. The number of carbonyl (C=O) groups excluding carboxylic acids is 3. The normalized spacial score (nSPS) is 13.9. The van der Waals surface area contributed by atoms with E-state index in [9.17, 15) is 14.4 Å². The van der Waals surface area contributed by atoms with Crippen LogP contribution in [0.4, 0.5) is 4.79 Å². The monoisotopic (exact) mass is 341 g/mol. The fourth-order valence-corrected chi connectivity index (χ4v) is 2.67. The van der Waals surface area contributed by atoms with Gasteiger partial charge in [0.05, 0.1) is 6.04 Å². The lowest BCUT2D eigenvalue weighted by atomic mass is 9.86. The summed E-state index contributed by atoms with van der Waals surface area (Å²) in [7, 11) is 0. The summed E-state index contributed by atoms with van der Waals surface area (Å²) in [6.07, 6.45) is 1.88. The molecule has 2 atom stereocenters. The van der Waals surface area contributed by atoms with E-state index in [-0.39, 0.29) is 29.4 Å². The number of hydrogen-bond acceptors (Lipinski definition) is 3. The Balaban J connectivity index is 4.85. The molecular weight excluding hydrogens is 306 g/mol. The number of rotatable bonds is 11. The Morgan fingerprint density at radius 2 is 1.58 bits per heavy atom. The van der Waals surface area contributed by atoms with E-state index >= 15 is 0 Å². The highest BCUT2D eigenvalue weighted by Crippen LogP contribution is 2.21. The Kier molecular flexibility index (Phi) is 10.3. The van der Waals surface area contributed by atoms with E-state index in [2.05, 4.69) is 24.5 Å². The lowest BCUT2D eigenvalue weighted by molar-refractivity contribution is -0.132. The Bertz CT molecular complexity index is 420. The van der Waals surface area contributed by atoms with E-state index < -0.39 is 12.1 Å². The third kappa shape index (κ3) is 8.89. The average Bonchev–Trinajstić information content (AvgIpc) is 2.45. The van der Waals surface area contributed by atoms with Gasteiger partial charge in [0, 0.05) is 18.4 Å². The van der Waals surface area contributed by atoms with Crippen molar-refractivity contribution in [2.24, 2.45) is 29.4 Å². The Labute approximate surface area is 146 Å². The van der Waals surface area contributed by atoms with Crippen LogP contribution in [0, 0.1) is 23.7 Å². The quantitative estimate of drug-likeness (QED) is 0.503. The van der Waals surface area contributed by atoms with Gasteiger partial charge in [0.1, 0.15) is 0 Å². The van der Waals surface area contributed by atoms with Gasteiger partial charge in [-0.2, -0.15) is 0 Å². The summed E-state index contributed by atoms with van der Waals surface area (Å²) in [5, 5.41) is 5.44. The molecule has 0 spiro atoms. The van der Waals surface area contributed by atoms with E-state index in [4.69, 9.17) is 5.73 Å². The van der Waals surface area contributed by atoms with E-state index in [0.717, 1.165) is 6.42 Å². The molecule has 0 aromatic rings. The Morgan fingerprint density at radius 3 is 2.00 bits per heavy atom. The second-order valence-corrected chi connectivity index (χ2v) is 7.53. The first kappa shape index (κ1) is 22.4. The fraction of sp³-hybridized carbons (Fsp3) is 0.833. The number of hydrogen-bond donors (Lipinski definition) is 3. The summed E-state index contributed by atoms with van der Waals surface area (Å²) in [6.45, 7) is 12.3. The predicted octanol–water partition coefficient (Wildman–Crippen LogP) is 2.46. The van der Waals surface area contributed by atoms with Crippen LogP contribution in [-0.2, 0) is 9.59 Å². The van der Waals surface area contributed by atoms with E-state index in [1.54, 1.807) is 0 Å². The minimum absolute atomic E-state index is 0.0227. The zero-order valence-corrected chi connectivity index (χ0v) is 16.0. The first-order valence-corrected chi connectivity index (χ1v) is 8.93. The molecule has 0 aliphatic carbocycles. The summed E-state index contributed by atoms with van der Waals surface area (Å²) in [6, 6.07) is -1.09. The van der Waals surface area contributed by atoms with Crippen LogP contribution >= 0.6 is 0 Å². The van der Waals surface area contributed by atoms with Crippen molar-refractivity contribution in [3.05, 3.63) is 0 Å². The lowest BCUT2D eigenvalue weighted by Crippen LogP contribution is -2.46. The maximum absolute atomic E-state index is 12.6. The van der Waals surface area contributed by atoms with Gasteiger partial charge in [-0.05, 0) is 31.1 Å². The van der Waals surface area contributed by atoms with Gasteiger partial charge in [-0.3, -0.25) is 9.59 Å². The highest BCUT2D eigenvalue weighted by molar-refractivity contribution is 5.90. The summed E-state index contributed by atoms with van der Waals surface area (Å²) < 4.78 is 0. The molecule has 6 heteroatoms. The van der Waals surface area contributed by atoms with Crippen molar-refractivity contribution in [3.63, 3.8) is 0 Å². The number of ketones is 1. The molecule has 0 heterocycles. The molecule has 0 aromatic carbocycles. The first-order chi connectivity index (χ1) is 11.1. The SMILES string of the molecule is CC(C)C[C@H](C(=O)N[C@@H](CCCNC(N)=O)C(=O)C(C)C)C(C)C. The molecule has 6 nitrogen and oxygen atoms in total. The van der Waals surface area contributed by atoms with Gasteiger partial charge in [0.15, 0.2) is 5.78 Å². The molecule has 0 rings (SSSR count). The van der Waals surface area contributed by atoms with Crippen LogP contribution < -0.4 is 16.4 Å². The maximum atomic E-state index is 12.6. The van der Waals surface area contributed by atoms with Gasteiger partial charge in [0.25, 0.3) is 0 Å². The predicted molar refractivity (Wildman–Crippen MR) is 96.4 cm³/mol. The van der Waals surface area contributed by atoms with Crippen LogP contribution in [0.2, 0.25) is 0 Å². The smallest absolute Gasteiger partial charge is 0.312 e. The molecule has 140 valence electrons. The zero-order chi connectivity index (χ0) is 18.9. The second-order valence-electron chi connectivity index (χ2n) is 7.53. The van der Waals surface area contributed by atoms with Crippen molar-refractivity contribution < 1.29 is 14.4 Å². The minimum Gasteiger partial charge on any atom is -0.352 e. The Hall–Kier alpha value is -1.59. The first-order valence-electron chi connectivity index (χ1n) is 8.93. The van der Waals surface area contributed by atoms with Crippen molar-refractivity contribution in [2.45, 2.75) is 66.8 Å². The van der Waals surface area contributed by atoms with Crippen molar-refractivity contribution in [2.75, 3.05) is 6.54 Å². The third-order valence-corrected chi connectivity index (χ3v) is 4.06. The van der Waals surface area contributed by atoms with Crippen LogP contribution in [-0.4, -0.2) is 30.3 Å². The number of nitrogens with one attached hydrogen (secondary N) is 2. The molecule has 0 bridgehead atoms. The highest BCUT2D eigenvalue weighted by Gasteiger charge is 2.28. The molecule has 24 heavy (non-hydrogen) atoms. The van der Waals surface area contributed by atoms with Crippen LogP contribution in [0.5, 0.6) is 0 Å². The van der Waals surface area contributed by atoms with Crippen LogP contribution in [0.1, 0.15) is 60.8 Å². The van der Waals surface area contributed by atoms with Gasteiger partial charge < -0.3 is 16.4 Å². The maximum Gasteiger partial charge on any atom is 0.312 e. The largest absolute Gasteiger partial charge is 0.352 e. The summed E-state index contributed by atoms with van der Waals surface area (Å²) in [5.41, 5.74) is 5.03. The minimum atomic E-state index is -0.581. The third-order valence-electron chi connectivity index (χ3n) is 4.06. The number of nitrogens with two attached hydrogens (primary N) is 1. The van der Waals surface area contributed by atoms with E-state index in [1.165, 1.54) is 0 Å². The summed E-state index contributed by atoms with van der Waals surface area (Å²) >= 11 is 0. The van der Waals surface area contributed by atoms with Crippen molar-refractivity contribution in [1.29, 1.82) is 0 Å². The van der Waals surface area contributed by atoms with Crippen molar-refractivity contribution in [1.82, 2.24) is 10.6 Å². The number of Topliss-reactive ketones (excluding diaryl/α,β-unsaturated/α-hetero) is 1. The van der Waals surface area contributed by atoms with Gasteiger partial charge in [-0.25, -0.2) is 4.79 Å². The van der Waals surface area contributed by atoms with Crippen LogP contribution in [0.3, 0.4) is 0 Å². The molecule has 0 saturated heterocycles. The summed E-state index contributed by atoms with van der Waals surface area (Å²) in [5.74, 6) is 0.356. The van der Waals surface area contributed by atoms with Gasteiger partial charge in [-0.1, -0.05) is 41.5 Å². The number of carbonyl (C=O) groups is 3. The number of amides is 3. The van der Waals surface area contributed by atoms with Crippen LogP contribution in [0.25, 0.3) is 0 Å². The van der Waals surface area contributed by atoms with Crippen molar-refractivity contribution in [3.8, 4) is 0 Å². The molecule has 0 fully saturated rings. The molecular formula is C18H35N3O3. The fourth-order valence-electron chi connectivity index (χ4n) is 2.67.